The van der Waals surface area contributed by atoms with Gasteiger partial charge in [0.15, 0.2) is 11.5 Å². The lowest BCUT2D eigenvalue weighted by Crippen LogP contribution is -2.14. The van der Waals surface area contributed by atoms with Gasteiger partial charge in [-0.25, -0.2) is 0 Å². The Labute approximate surface area is 153 Å². The molecular formula is C18H15IN2O3. The maximum Gasteiger partial charge on any atom is 0.266 e. The van der Waals surface area contributed by atoms with Gasteiger partial charge in [-0.15, -0.1) is 0 Å². The second kappa shape index (κ2) is 7.84. The molecule has 0 aliphatic carbocycles. The van der Waals surface area contributed by atoms with E-state index in [1.807, 2.05) is 25.1 Å². The minimum atomic E-state index is -0.538. The fourth-order valence-corrected chi connectivity index (χ4v) is 2.69. The van der Waals surface area contributed by atoms with E-state index >= 15 is 0 Å². The number of methoxy groups -OCH3 is 1. The van der Waals surface area contributed by atoms with Gasteiger partial charge in [-0.2, -0.15) is 5.26 Å². The number of phenols is 1. The number of anilines is 1. The maximum absolute atomic E-state index is 12.3. The second-order valence-electron chi connectivity index (χ2n) is 4.98. The molecule has 0 saturated heterocycles. The number of amides is 1. The smallest absolute Gasteiger partial charge is 0.266 e. The van der Waals surface area contributed by atoms with Crippen molar-refractivity contribution in [2.24, 2.45) is 0 Å². The zero-order valence-corrected chi connectivity index (χ0v) is 15.3. The summed E-state index contributed by atoms with van der Waals surface area (Å²) in [5.41, 5.74) is 1.75. The van der Waals surface area contributed by atoms with Crippen molar-refractivity contribution in [1.29, 1.82) is 5.26 Å². The van der Waals surface area contributed by atoms with Gasteiger partial charge >= 0.3 is 0 Å². The third-order valence-electron chi connectivity index (χ3n) is 3.35. The number of rotatable bonds is 4. The molecule has 0 bridgehead atoms. The first-order valence-corrected chi connectivity index (χ1v) is 8.09. The topological polar surface area (TPSA) is 82.3 Å². The summed E-state index contributed by atoms with van der Waals surface area (Å²) in [6.45, 7) is 1.86. The summed E-state index contributed by atoms with van der Waals surface area (Å²) in [5, 5.41) is 22.2. The fraction of sp³-hybridized carbons (Fsp3) is 0.111. The highest BCUT2D eigenvalue weighted by Gasteiger charge is 2.14. The molecule has 0 aromatic heterocycles. The molecule has 0 radical (unpaired) electrons. The highest BCUT2D eigenvalue weighted by molar-refractivity contribution is 14.1. The minimum absolute atomic E-state index is 0.113. The van der Waals surface area contributed by atoms with Crippen LogP contribution >= 0.6 is 22.6 Å². The van der Waals surface area contributed by atoms with Crippen molar-refractivity contribution in [3.63, 3.8) is 0 Å². The third kappa shape index (κ3) is 4.06. The van der Waals surface area contributed by atoms with Crippen LogP contribution in [-0.2, 0) is 4.79 Å². The molecule has 6 heteroatoms. The summed E-state index contributed by atoms with van der Waals surface area (Å²) in [6, 6.07) is 12.5. The van der Waals surface area contributed by atoms with Gasteiger partial charge in [-0.1, -0.05) is 18.2 Å². The van der Waals surface area contributed by atoms with E-state index < -0.39 is 5.91 Å². The van der Waals surface area contributed by atoms with E-state index in [0.717, 1.165) is 9.13 Å². The number of para-hydroxylation sites is 1. The number of carbonyl (C=O) groups excluding carboxylic acids is 1. The van der Waals surface area contributed by atoms with Gasteiger partial charge in [0.05, 0.1) is 7.11 Å². The number of phenolic OH excluding ortho intramolecular Hbond substituents is 1. The van der Waals surface area contributed by atoms with Crippen molar-refractivity contribution in [2.45, 2.75) is 6.92 Å². The predicted octanol–water partition coefficient (Wildman–Crippen LogP) is 3.86. The zero-order chi connectivity index (χ0) is 17.7. The van der Waals surface area contributed by atoms with E-state index in [4.69, 9.17) is 4.74 Å². The summed E-state index contributed by atoms with van der Waals surface area (Å²) in [5.74, 6) is -0.372. The van der Waals surface area contributed by atoms with E-state index in [1.165, 1.54) is 13.2 Å². The Bertz CT molecular complexity index is 854. The number of hydrogen-bond acceptors (Lipinski definition) is 4. The summed E-state index contributed by atoms with van der Waals surface area (Å²) in [6.07, 6.45) is 1.34. The number of benzene rings is 2. The summed E-state index contributed by atoms with van der Waals surface area (Å²) in [4.78, 5) is 12.3. The summed E-state index contributed by atoms with van der Waals surface area (Å²) < 4.78 is 5.90. The Balaban J connectivity index is 2.37. The second-order valence-corrected chi connectivity index (χ2v) is 6.23. The number of aryl methyl sites for hydroxylation is 1. The molecule has 0 unspecified atom stereocenters. The van der Waals surface area contributed by atoms with Crippen molar-refractivity contribution < 1.29 is 14.6 Å². The highest BCUT2D eigenvalue weighted by Crippen LogP contribution is 2.33. The Morgan fingerprint density at radius 1 is 1.38 bits per heavy atom. The molecule has 2 aromatic carbocycles. The van der Waals surface area contributed by atoms with Gasteiger partial charge in [0.25, 0.3) is 5.91 Å². The molecule has 2 N–H and O–H groups in total. The lowest BCUT2D eigenvalue weighted by atomic mass is 10.1. The van der Waals surface area contributed by atoms with Gasteiger partial charge in [0.2, 0.25) is 0 Å². The van der Waals surface area contributed by atoms with Crippen LogP contribution in [0.3, 0.4) is 0 Å². The lowest BCUT2D eigenvalue weighted by Gasteiger charge is -2.09. The van der Waals surface area contributed by atoms with Crippen molar-refractivity contribution in [3.05, 3.63) is 56.7 Å². The average molecular weight is 434 g/mol. The molecule has 5 nitrogen and oxygen atoms in total. The first-order valence-electron chi connectivity index (χ1n) is 7.01. The molecule has 1 amide bonds. The van der Waals surface area contributed by atoms with Crippen LogP contribution in [0.4, 0.5) is 5.69 Å². The van der Waals surface area contributed by atoms with Crippen molar-refractivity contribution in [1.82, 2.24) is 0 Å². The van der Waals surface area contributed by atoms with Crippen LogP contribution in [0.15, 0.2) is 42.0 Å². The van der Waals surface area contributed by atoms with Crippen LogP contribution in [0.5, 0.6) is 11.5 Å². The molecule has 122 valence electrons. The highest BCUT2D eigenvalue weighted by atomic mass is 127. The van der Waals surface area contributed by atoms with Crippen molar-refractivity contribution in [3.8, 4) is 17.6 Å². The molecule has 0 fully saturated rings. The van der Waals surface area contributed by atoms with Crippen LogP contribution in [0.25, 0.3) is 6.08 Å². The molecule has 2 aromatic rings. The first-order chi connectivity index (χ1) is 11.5. The Morgan fingerprint density at radius 3 is 2.71 bits per heavy atom. The van der Waals surface area contributed by atoms with Gasteiger partial charge in [0.1, 0.15) is 11.6 Å². The van der Waals surface area contributed by atoms with Crippen molar-refractivity contribution >= 4 is 40.3 Å². The van der Waals surface area contributed by atoms with Gasteiger partial charge in [0, 0.05) is 14.8 Å². The number of nitriles is 1. The van der Waals surface area contributed by atoms with Gasteiger partial charge in [-0.05, 0) is 59.4 Å². The number of hydrogen-bond donors (Lipinski definition) is 2. The van der Waals surface area contributed by atoms with Crippen LogP contribution < -0.4 is 10.1 Å². The Morgan fingerprint density at radius 2 is 2.08 bits per heavy atom. The lowest BCUT2D eigenvalue weighted by molar-refractivity contribution is -0.112. The van der Waals surface area contributed by atoms with Crippen molar-refractivity contribution in [2.75, 3.05) is 12.4 Å². The number of nitrogens with one attached hydrogen (secondary N) is 1. The first kappa shape index (κ1) is 17.8. The maximum atomic E-state index is 12.3. The average Bonchev–Trinajstić information content (AvgIpc) is 2.57. The monoisotopic (exact) mass is 434 g/mol. The van der Waals surface area contributed by atoms with E-state index in [-0.39, 0.29) is 17.1 Å². The number of ether oxygens (including phenoxy) is 1. The normalized spacial score (nSPS) is 10.8. The van der Waals surface area contributed by atoms with Crippen LogP contribution in [0.1, 0.15) is 11.1 Å². The van der Waals surface area contributed by atoms with Gasteiger partial charge in [-0.3, -0.25) is 4.79 Å². The number of aromatic hydroxyl groups is 1. The molecular weight excluding hydrogens is 419 g/mol. The van der Waals surface area contributed by atoms with Crippen LogP contribution in [0, 0.1) is 21.8 Å². The molecule has 24 heavy (non-hydrogen) atoms. The third-order valence-corrected chi connectivity index (χ3v) is 3.97. The molecule has 0 saturated carbocycles. The van der Waals surface area contributed by atoms with E-state index in [9.17, 15) is 15.2 Å². The molecule has 0 spiro atoms. The number of carbonyl (C=O) groups is 1. The predicted molar refractivity (Wildman–Crippen MR) is 101 cm³/mol. The van der Waals surface area contributed by atoms with Crippen LogP contribution in [-0.4, -0.2) is 18.1 Å². The van der Waals surface area contributed by atoms with Crippen LogP contribution in [0.2, 0.25) is 0 Å². The Hall–Kier alpha value is -2.53. The zero-order valence-electron chi connectivity index (χ0n) is 13.1. The fourth-order valence-electron chi connectivity index (χ4n) is 2.07. The quantitative estimate of drug-likeness (QED) is 0.435. The number of nitrogens with zero attached hydrogens (tertiary/aromatic N) is 1. The molecule has 0 aliphatic heterocycles. The summed E-state index contributed by atoms with van der Waals surface area (Å²) in [7, 11) is 1.44. The molecule has 0 heterocycles. The molecule has 0 aliphatic rings. The van der Waals surface area contributed by atoms with Gasteiger partial charge < -0.3 is 15.2 Å². The van der Waals surface area contributed by atoms with E-state index in [1.54, 1.807) is 24.3 Å². The standard InChI is InChI=1S/C18H15IN2O3/c1-11-5-3-4-6-15(11)21-18(23)13(10-20)7-12-8-14(19)9-16(24-2)17(12)22/h3-9,22H,1-2H3,(H,21,23)/b13-7-. The minimum Gasteiger partial charge on any atom is -0.504 e. The van der Waals surface area contributed by atoms with E-state index in [2.05, 4.69) is 27.9 Å². The van der Waals surface area contributed by atoms with E-state index in [0.29, 0.717) is 11.3 Å². The largest absolute Gasteiger partial charge is 0.504 e. The summed E-state index contributed by atoms with van der Waals surface area (Å²) >= 11 is 2.07. The molecule has 2 rings (SSSR count). The Kier molecular flexibility index (Phi) is 5.82. The number of halogens is 1. The molecule has 0 atom stereocenters. The SMILES string of the molecule is COc1cc(I)cc(/C=C(/C#N)C(=O)Nc2ccccc2C)c1O.